The molecule has 86 valence electrons. The predicted molar refractivity (Wildman–Crippen MR) is 57.3 cm³/mol. The van der Waals surface area contributed by atoms with Crippen molar-refractivity contribution in [3.05, 3.63) is 0 Å². The second-order valence-corrected chi connectivity index (χ2v) is 2.33. The first-order valence-electron chi connectivity index (χ1n) is 3.29. The zero-order valence-electron chi connectivity index (χ0n) is 7.13. The number of rotatable bonds is 6. The molecule has 0 saturated carbocycles. The minimum absolute atomic E-state index is 0. The van der Waals surface area contributed by atoms with E-state index in [9.17, 15) is 14.4 Å². The Morgan fingerprint density at radius 1 is 0.750 bits per heavy atom. The van der Waals surface area contributed by atoms with Gasteiger partial charge in [-0.15, -0.1) is 0 Å². The summed E-state index contributed by atoms with van der Waals surface area (Å²) in [4.78, 5) is 31.2. The Hall–Kier alpha value is 0.330. The summed E-state index contributed by atoms with van der Waals surface area (Å²) in [5.74, 6) is -3.78. The molecule has 0 aliphatic heterocycles. The van der Waals surface area contributed by atoms with E-state index in [-0.39, 0.29) is 64.6 Å². The van der Waals surface area contributed by atoms with Crippen molar-refractivity contribution >= 4 is 77.0 Å². The molecule has 0 spiro atoms. The number of hydrogen-bond donors (Lipinski definition) is 3. The molecule has 0 bridgehead atoms. The average Bonchev–Trinajstić information content (AvgIpc) is 1.80. The normalized spacial score (nSPS) is 8.06. The quantitative estimate of drug-likeness (QED) is 0.417. The Balaban J connectivity index is -0.000000240. The van der Waals surface area contributed by atoms with Crippen molar-refractivity contribution in [1.82, 2.24) is 4.90 Å². The molecule has 0 saturated heterocycles. The van der Waals surface area contributed by atoms with Crippen LogP contribution in [0.4, 0.5) is 0 Å². The fourth-order valence-electron chi connectivity index (χ4n) is 0.742. The van der Waals surface area contributed by atoms with Crippen molar-refractivity contribution in [1.29, 1.82) is 0 Å². The number of aliphatic carboxylic acids is 3. The fourth-order valence-corrected chi connectivity index (χ4v) is 0.742. The number of nitrogens with zero attached hydrogens (tertiary/aromatic N) is 1. The Bertz CT molecular complexity index is 197. The van der Waals surface area contributed by atoms with Crippen LogP contribution in [0.3, 0.4) is 0 Å². The topological polar surface area (TPSA) is 147 Å². The van der Waals surface area contributed by atoms with E-state index in [2.05, 4.69) is 0 Å². The first-order valence-corrected chi connectivity index (χ1v) is 3.29. The molecule has 5 N–H and O–H groups in total. The first kappa shape index (κ1) is 25.2. The van der Waals surface area contributed by atoms with Gasteiger partial charge in [0.15, 0.2) is 0 Å². The molecule has 0 unspecified atom stereocenters. The molecular formula is C6H13NNa2O7. The van der Waals surface area contributed by atoms with Gasteiger partial charge in [0, 0.05) is 0 Å². The maximum absolute atomic E-state index is 10.1. The van der Waals surface area contributed by atoms with Crippen LogP contribution in [0.1, 0.15) is 0 Å². The van der Waals surface area contributed by atoms with Crippen LogP contribution in [0.2, 0.25) is 0 Å². The maximum atomic E-state index is 10.1. The van der Waals surface area contributed by atoms with E-state index < -0.39 is 37.5 Å². The summed E-state index contributed by atoms with van der Waals surface area (Å²) in [5, 5.41) is 24.8. The summed E-state index contributed by atoms with van der Waals surface area (Å²) >= 11 is 0. The van der Waals surface area contributed by atoms with Gasteiger partial charge in [-0.05, 0) is 0 Å². The molecule has 0 aromatic heterocycles. The van der Waals surface area contributed by atoms with Crippen molar-refractivity contribution in [2.24, 2.45) is 0 Å². The van der Waals surface area contributed by atoms with Crippen molar-refractivity contribution < 1.29 is 35.2 Å². The van der Waals surface area contributed by atoms with Crippen LogP contribution in [0.5, 0.6) is 0 Å². The predicted octanol–water partition coefficient (Wildman–Crippen LogP) is -3.58. The Morgan fingerprint density at radius 2 is 0.938 bits per heavy atom. The van der Waals surface area contributed by atoms with Gasteiger partial charge in [-0.25, -0.2) is 0 Å². The van der Waals surface area contributed by atoms with Gasteiger partial charge in [-0.3, -0.25) is 19.3 Å². The summed E-state index contributed by atoms with van der Waals surface area (Å²) in [6.07, 6.45) is 0. The van der Waals surface area contributed by atoms with Gasteiger partial charge >= 0.3 is 77.0 Å². The van der Waals surface area contributed by atoms with Gasteiger partial charge < -0.3 is 20.8 Å². The van der Waals surface area contributed by atoms with E-state index in [0.29, 0.717) is 0 Å². The minimum atomic E-state index is -1.26. The third-order valence-electron chi connectivity index (χ3n) is 1.08. The van der Waals surface area contributed by atoms with Crippen molar-refractivity contribution in [3.63, 3.8) is 0 Å². The van der Waals surface area contributed by atoms with Crippen LogP contribution in [0.15, 0.2) is 0 Å². The van der Waals surface area contributed by atoms with Gasteiger partial charge in [0.25, 0.3) is 0 Å². The molecule has 16 heavy (non-hydrogen) atoms. The van der Waals surface area contributed by atoms with Gasteiger partial charge in [-0.2, -0.15) is 0 Å². The summed E-state index contributed by atoms with van der Waals surface area (Å²) < 4.78 is 0. The SMILES string of the molecule is O.O=C(O)CN(CC(=O)O)CC(=O)O.[NaH].[NaH]. The standard InChI is InChI=1S/C6H9NO6.2Na.H2O.2H/c8-4(9)1-7(2-5(10)11)3-6(12)13;;;;;/h1-3H2,(H,8,9)(H,10,11)(H,12,13);;;1H2;;. The van der Waals surface area contributed by atoms with Crippen LogP contribution in [-0.2, 0) is 14.4 Å². The molecule has 0 atom stereocenters. The number of carbonyl (C=O) groups is 3. The van der Waals surface area contributed by atoms with E-state index >= 15 is 0 Å². The second-order valence-electron chi connectivity index (χ2n) is 2.33. The average molecular weight is 257 g/mol. The van der Waals surface area contributed by atoms with Crippen LogP contribution < -0.4 is 0 Å². The van der Waals surface area contributed by atoms with Crippen LogP contribution in [0, 0.1) is 0 Å². The third kappa shape index (κ3) is 16.7. The fraction of sp³-hybridized carbons (Fsp3) is 0.500. The Kier molecular flexibility index (Phi) is 21.1. The van der Waals surface area contributed by atoms with E-state index in [0.717, 1.165) is 4.90 Å². The molecule has 0 aromatic rings. The number of hydrogen-bond acceptors (Lipinski definition) is 4. The molecule has 0 radical (unpaired) electrons. The molecule has 8 nitrogen and oxygen atoms in total. The van der Waals surface area contributed by atoms with E-state index in [4.69, 9.17) is 15.3 Å². The Morgan fingerprint density at radius 3 is 1.06 bits per heavy atom. The monoisotopic (exact) mass is 257 g/mol. The van der Waals surface area contributed by atoms with Gasteiger partial charge in [0.2, 0.25) is 0 Å². The van der Waals surface area contributed by atoms with Crippen molar-refractivity contribution in [2.75, 3.05) is 19.6 Å². The molecule has 0 rings (SSSR count). The molecule has 0 aromatic carbocycles. The third-order valence-corrected chi connectivity index (χ3v) is 1.08. The molecule has 0 amide bonds. The van der Waals surface area contributed by atoms with Gasteiger partial charge in [0.1, 0.15) is 0 Å². The summed E-state index contributed by atoms with van der Waals surface area (Å²) in [7, 11) is 0. The molecule has 0 heterocycles. The van der Waals surface area contributed by atoms with Crippen LogP contribution in [0.25, 0.3) is 0 Å². The summed E-state index contributed by atoms with van der Waals surface area (Å²) in [6, 6.07) is 0. The number of carboxylic acid groups (broad SMARTS) is 3. The molecule has 10 heteroatoms. The van der Waals surface area contributed by atoms with Crippen LogP contribution >= 0.6 is 0 Å². The summed E-state index contributed by atoms with van der Waals surface area (Å²) in [6.45, 7) is -1.80. The van der Waals surface area contributed by atoms with E-state index in [1.165, 1.54) is 0 Å². The molecule has 0 aliphatic carbocycles. The van der Waals surface area contributed by atoms with Crippen molar-refractivity contribution in [2.45, 2.75) is 0 Å². The Labute approximate surface area is 135 Å². The van der Waals surface area contributed by atoms with E-state index in [1.807, 2.05) is 0 Å². The number of carboxylic acids is 3. The first-order chi connectivity index (χ1) is 5.91. The second kappa shape index (κ2) is 13.4. The van der Waals surface area contributed by atoms with Crippen LogP contribution in [-0.4, -0.2) is 122 Å². The van der Waals surface area contributed by atoms with Gasteiger partial charge in [-0.1, -0.05) is 0 Å². The zero-order valence-corrected chi connectivity index (χ0v) is 7.13. The van der Waals surface area contributed by atoms with E-state index in [1.54, 1.807) is 0 Å². The zero-order chi connectivity index (χ0) is 10.4. The molecular weight excluding hydrogens is 244 g/mol. The summed E-state index contributed by atoms with van der Waals surface area (Å²) in [5.41, 5.74) is 0. The molecule has 0 fully saturated rings. The van der Waals surface area contributed by atoms with Crippen molar-refractivity contribution in [3.8, 4) is 0 Å². The molecule has 0 aliphatic rings. The van der Waals surface area contributed by atoms with Gasteiger partial charge in [0.05, 0.1) is 19.6 Å².